The molecule has 8 atom stereocenters. The van der Waals surface area contributed by atoms with Gasteiger partial charge in [-0.05, 0) is 56.6 Å². The fourth-order valence-corrected chi connectivity index (χ4v) is 7.26. The van der Waals surface area contributed by atoms with Crippen molar-refractivity contribution >= 4 is 11.6 Å². The summed E-state index contributed by atoms with van der Waals surface area (Å²) >= 11 is 0. The van der Waals surface area contributed by atoms with E-state index in [0.29, 0.717) is 24.8 Å². The number of ketones is 2. The van der Waals surface area contributed by atoms with E-state index in [2.05, 4.69) is 0 Å². The van der Waals surface area contributed by atoms with Crippen LogP contribution in [0.25, 0.3) is 0 Å². The largest absolute Gasteiger partial charge is 0.390 e. The average Bonchev–Trinajstić information content (AvgIpc) is 2.84. The molecule has 0 bridgehead atoms. The molecule has 3 fully saturated rings. The van der Waals surface area contributed by atoms with E-state index in [1.54, 1.807) is 26.8 Å². The number of alkyl halides is 1. The van der Waals surface area contributed by atoms with Crippen LogP contribution in [0.1, 0.15) is 46.5 Å². The number of rotatable bonds is 2. The molecule has 0 spiro atoms. The molecule has 28 heavy (non-hydrogen) atoms. The van der Waals surface area contributed by atoms with Gasteiger partial charge in [-0.25, -0.2) is 4.39 Å². The van der Waals surface area contributed by atoms with Crippen molar-refractivity contribution < 1.29 is 29.3 Å². The molecule has 0 unspecified atom stereocenters. The van der Waals surface area contributed by atoms with Crippen LogP contribution in [0.15, 0.2) is 23.8 Å². The second-order valence-corrected chi connectivity index (χ2v) is 9.75. The van der Waals surface area contributed by atoms with E-state index in [-0.39, 0.29) is 18.1 Å². The van der Waals surface area contributed by atoms with E-state index < -0.39 is 52.4 Å². The monoisotopic (exact) mass is 392 g/mol. The van der Waals surface area contributed by atoms with Crippen LogP contribution in [0, 0.1) is 28.6 Å². The number of allylic oxidation sites excluding steroid dienone is 4. The highest BCUT2D eigenvalue weighted by atomic mass is 19.1. The summed E-state index contributed by atoms with van der Waals surface area (Å²) in [7, 11) is 0. The van der Waals surface area contributed by atoms with E-state index >= 15 is 4.39 Å². The first-order valence-electron chi connectivity index (χ1n) is 10.1. The van der Waals surface area contributed by atoms with Crippen molar-refractivity contribution in [3.63, 3.8) is 0 Å². The maximum atomic E-state index is 16.9. The molecule has 0 saturated heterocycles. The van der Waals surface area contributed by atoms with Gasteiger partial charge in [-0.15, -0.1) is 0 Å². The standard InChI is InChI=1S/C22H29FO5/c1-12-8-16-15-5-4-13-9-14(25)6-7-19(13,2)21(15,23)17(26)10-20(16,3)22(12,28)18(27)11-24/h6-7,9,12,15-17,24,26,28H,4-5,8,10-11H2,1-3H3/t12-,15-,16-,17+,19-,20-,21-,22-/m0/s1. The lowest BCUT2D eigenvalue weighted by molar-refractivity contribution is -0.219. The second kappa shape index (κ2) is 5.83. The summed E-state index contributed by atoms with van der Waals surface area (Å²) in [5, 5.41) is 32.0. The Hall–Kier alpha value is -1.37. The van der Waals surface area contributed by atoms with Gasteiger partial charge in [-0.2, -0.15) is 0 Å². The Bertz CT molecular complexity index is 805. The molecule has 5 nitrogen and oxygen atoms in total. The number of aliphatic hydroxyl groups is 3. The molecular weight excluding hydrogens is 363 g/mol. The van der Waals surface area contributed by atoms with Crippen LogP contribution in [-0.4, -0.2) is 50.9 Å². The zero-order chi connectivity index (χ0) is 20.7. The lowest BCUT2D eigenvalue weighted by atomic mass is 9.44. The Morgan fingerprint density at radius 3 is 2.64 bits per heavy atom. The molecular formula is C22H29FO5. The normalized spacial score (nSPS) is 52.5. The SMILES string of the molecule is C[C@H]1C[C@H]2[C@@H]3CCC4=CC(=O)C=C[C@]4(C)[C@@]3(F)[C@H](O)C[C@]2(C)[C@@]1(O)C(=O)CO. The number of aliphatic hydroxyl groups excluding tert-OH is 2. The van der Waals surface area contributed by atoms with Gasteiger partial charge in [0.1, 0.15) is 12.2 Å². The molecule has 154 valence electrons. The van der Waals surface area contributed by atoms with E-state index in [1.165, 1.54) is 12.2 Å². The second-order valence-electron chi connectivity index (χ2n) is 9.75. The first kappa shape index (κ1) is 19.9. The van der Waals surface area contributed by atoms with Gasteiger partial charge in [0, 0.05) is 16.7 Å². The van der Waals surface area contributed by atoms with Gasteiger partial charge in [0.05, 0.1) is 6.10 Å². The highest BCUT2D eigenvalue weighted by Gasteiger charge is 2.75. The van der Waals surface area contributed by atoms with Crippen LogP contribution in [0.2, 0.25) is 0 Å². The summed E-state index contributed by atoms with van der Waals surface area (Å²) in [5.41, 5.74) is -5.17. The third-order valence-electron chi connectivity index (χ3n) is 8.79. The van der Waals surface area contributed by atoms with Gasteiger partial charge in [0.2, 0.25) is 0 Å². The van der Waals surface area contributed by atoms with Gasteiger partial charge in [0.25, 0.3) is 0 Å². The van der Waals surface area contributed by atoms with Gasteiger partial charge in [-0.1, -0.05) is 25.5 Å². The molecule has 0 aromatic heterocycles. The number of hydrogen-bond acceptors (Lipinski definition) is 5. The maximum Gasteiger partial charge on any atom is 0.190 e. The molecule has 0 aromatic carbocycles. The molecule has 0 amide bonds. The number of halogens is 1. The van der Waals surface area contributed by atoms with Gasteiger partial charge in [-0.3, -0.25) is 9.59 Å². The van der Waals surface area contributed by atoms with Gasteiger partial charge >= 0.3 is 0 Å². The minimum absolute atomic E-state index is 0.0676. The minimum Gasteiger partial charge on any atom is -0.390 e. The number of carbonyl (C=O) groups excluding carboxylic acids is 2. The number of fused-ring (bicyclic) bond motifs is 5. The van der Waals surface area contributed by atoms with Gasteiger partial charge in [0.15, 0.2) is 17.2 Å². The summed E-state index contributed by atoms with van der Waals surface area (Å²) in [6, 6.07) is 0. The number of hydrogen-bond donors (Lipinski definition) is 3. The first-order valence-corrected chi connectivity index (χ1v) is 10.1. The van der Waals surface area contributed by atoms with E-state index in [0.717, 1.165) is 0 Å². The Labute approximate surface area is 164 Å². The van der Waals surface area contributed by atoms with Crippen molar-refractivity contribution in [2.45, 2.75) is 63.8 Å². The molecule has 0 aliphatic heterocycles. The lowest BCUT2D eigenvalue weighted by Crippen LogP contribution is -2.69. The topological polar surface area (TPSA) is 94.8 Å². The molecule has 0 radical (unpaired) electrons. The fraction of sp³-hybridized carbons (Fsp3) is 0.727. The Balaban J connectivity index is 1.84. The Kier molecular flexibility index (Phi) is 4.15. The van der Waals surface area contributed by atoms with Crippen molar-refractivity contribution in [2.24, 2.45) is 28.6 Å². The molecule has 3 N–H and O–H groups in total. The van der Waals surface area contributed by atoms with Crippen LogP contribution in [0.4, 0.5) is 4.39 Å². The van der Waals surface area contributed by atoms with E-state index in [9.17, 15) is 24.9 Å². The maximum absolute atomic E-state index is 16.9. The minimum atomic E-state index is -1.98. The summed E-state index contributed by atoms with van der Waals surface area (Å²) in [5.74, 6) is -2.12. The Morgan fingerprint density at radius 1 is 1.32 bits per heavy atom. The summed E-state index contributed by atoms with van der Waals surface area (Å²) in [6.07, 6.45) is 4.44. The molecule has 0 aromatic rings. The smallest absolute Gasteiger partial charge is 0.190 e. The summed E-state index contributed by atoms with van der Waals surface area (Å²) in [6.45, 7) is 4.48. The van der Waals surface area contributed by atoms with Crippen LogP contribution >= 0.6 is 0 Å². The third-order valence-corrected chi connectivity index (χ3v) is 8.79. The van der Waals surface area contributed by atoms with Crippen LogP contribution in [0.5, 0.6) is 0 Å². The molecule has 4 rings (SSSR count). The zero-order valence-corrected chi connectivity index (χ0v) is 16.6. The molecule has 3 saturated carbocycles. The van der Waals surface area contributed by atoms with Crippen molar-refractivity contribution in [1.82, 2.24) is 0 Å². The Morgan fingerprint density at radius 2 is 2.00 bits per heavy atom. The predicted octanol–water partition coefficient (Wildman–Crippen LogP) is 1.90. The fourth-order valence-electron chi connectivity index (χ4n) is 7.26. The van der Waals surface area contributed by atoms with Crippen molar-refractivity contribution in [2.75, 3.05) is 6.61 Å². The molecule has 6 heteroatoms. The molecule has 4 aliphatic carbocycles. The molecule has 4 aliphatic rings. The van der Waals surface area contributed by atoms with E-state index in [4.69, 9.17) is 0 Å². The van der Waals surface area contributed by atoms with Crippen LogP contribution in [-0.2, 0) is 9.59 Å². The van der Waals surface area contributed by atoms with Gasteiger partial charge < -0.3 is 15.3 Å². The highest BCUT2D eigenvalue weighted by molar-refractivity contribution is 6.01. The quantitative estimate of drug-likeness (QED) is 0.667. The zero-order valence-electron chi connectivity index (χ0n) is 16.6. The third kappa shape index (κ3) is 2.01. The average molecular weight is 392 g/mol. The number of carbonyl (C=O) groups is 2. The van der Waals surface area contributed by atoms with Crippen molar-refractivity contribution in [1.29, 1.82) is 0 Å². The van der Waals surface area contributed by atoms with Crippen LogP contribution < -0.4 is 0 Å². The summed E-state index contributed by atoms with van der Waals surface area (Å²) in [4.78, 5) is 24.4. The highest BCUT2D eigenvalue weighted by Crippen LogP contribution is 2.70. The molecule has 0 heterocycles. The van der Waals surface area contributed by atoms with Crippen LogP contribution in [0.3, 0.4) is 0 Å². The number of Topliss-reactive ketones (excluding diaryl/α,β-unsaturated/α-hetero) is 1. The van der Waals surface area contributed by atoms with Crippen molar-refractivity contribution in [3.8, 4) is 0 Å². The lowest BCUT2D eigenvalue weighted by Gasteiger charge is -2.62. The predicted molar refractivity (Wildman–Crippen MR) is 99.9 cm³/mol. The van der Waals surface area contributed by atoms with Crippen molar-refractivity contribution in [3.05, 3.63) is 23.8 Å². The first-order chi connectivity index (χ1) is 13.0. The van der Waals surface area contributed by atoms with E-state index in [1.807, 2.05) is 0 Å². The summed E-state index contributed by atoms with van der Waals surface area (Å²) < 4.78 is 16.9.